The van der Waals surface area contributed by atoms with Gasteiger partial charge in [-0.25, -0.2) is 0 Å². The van der Waals surface area contributed by atoms with Gasteiger partial charge in [0.15, 0.2) is 5.96 Å². The van der Waals surface area contributed by atoms with Gasteiger partial charge in [0.25, 0.3) is 0 Å². The number of halogens is 1. The van der Waals surface area contributed by atoms with Crippen LogP contribution in [-0.4, -0.2) is 19.6 Å². The molecule has 2 aromatic rings. The van der Waals surface area contributed by atoms with E-state index in [0.29, 0.717) is 18.4 Å². The third kappa shape index (κ3) is 6.23. The summed E-state index contributed by atoms with van der Waals surface area (Å²) in [6.07, 6.45) is 0. The van der Waals surface area contributed by atoms with Gasteiger partial charge in [0.2, 0.25) is 0 Å². The normalized spacial score (nSPS) is 12.4. The van der Waals surface area contributed by atoms with E-state index in [1.807, 2.05) is 30.3 Å². The molecule has 0 aliphatic heterocycles. The second-order valence-corrected chi connectivity index (χ2v) is 6.27. The van der Waals surface area contributed by atoms with Gasteiger partial charge >= 0.3 is 0 Å². The number of para-hydroxylation sites is 1. The molecule has 0 aromatic heterocycles. The molecule has 0 spiro atoms. The van der Waals surface area contributed by atoms with E-state index in [0.717, 1.165) is 17.0 Å². The Kier molecular flexibility index (Phi) is 8.75. The van der Waals surface area contributed by atoms with Crippen LogP contribution in [0.25, 0.3) is 0 Å². The number of guanidine groups is 1. The first kappa shape index (κ1) is 21.3. The molecule has 0 heterocycles. The van der Waals surface area contributed by atoms with Crippen LogP contribution in [0.2, 0.25) is 0 Å². The quantitative estimate of drug-likeness (QED) is 0.369. The Bertz CT molecular complexity index is 701. The monoisotopic (exact) mass is 453 g/mol. The number of nitrogens with two attached hydrogens (primary N) is 1. The molecule has 0 saturated carbocycles. The van der Waals surface area contributed by atoms with Crippen LogP contribution in [0.3, 0.4) is 0 Å². The maximum absolute atomic E-state index is 6.04. The van der Waals surface area contributed by atoms with Crippen molar-refractivity contribution in [2.75, 3.05) is 19.0 Å². The molecule has 0 radical (unpaired) electrons. The van der Waals surface area contributed by atoms with E-state index in [-0.39, 0.29) is 29.9 Å². The first-order valence-corrected chi connectivity index (χ1v) is 8.31. The van der Waals surface area contributed by atoms with Gasteiger partial charge in [-0.3, -0.25) is 4.99 Å². The van der Waals surface area contributed by atoms with Crippen molar-refractivity contribution in [3.05, 3.63) is 59.7 Å². The fourth-order valence-electron chi connectivity index (χ4n) is 2.57. The van der Waals surface area contributed by atoms with Crippen molar-refractivity contribution in [1.82, 2.24) is 0 Å². The molecule has 2 aromatic carbocycles. The van der Waals surface area contributed by atoms with Crippen molar-refractivity contribution in [2.24, 2.45) is 10.7 Å². The van der Waals surface area contributed by atoms with Crippen molar-refractivity contribution < 1.29 is 4.74 Å². The highest BCUT2D eigenvalue weighted by Gasteiger charge is 2.10. The molecule has 0 bridgehead atoms. The SMILES string of the molecule is COc1ccccc1C(C)CN=C(N)Nc1cccc(C(C)C)c1.I. The fourth-order valence-corrected chi connectivity index (χ4v) is 2.57. The number of methoxy groups -OCH3 is 1. The molecule has 0 aliphatic rings. The van der Waals surface area contributed by atoms with Crippen molar-refractivity contribution in [2.45, 2.75) is 32.6 Å². The van der Waals surface area contributed by atoms with E-state index in [9.17, 15) is 0 Å². The molecule has 5 heteroatoms. The highest BCUT2D eigenvalue weighted by atomic mass is 127. The first-order valence-electron chi connectivity index (χ1n) is 8.31. The van der Waals surface area contributed by atoms with Crippen LogP contribution in [0.4, 0.5) is 5.69 Å². The number of benzene rings is 2. The Hall–Kier alpha value is -1.76. The van der Waals surface area contributed by atoms with E-state index < -0.39 is 0 Å². The summed E-state index contributed by atoms with van der Waals surface area (Å²) in [6, 6.07) is 16.3. The van der Waals surface area contributed by atoms with E-state index in [2.05, 4.69) is 49.3 Å². The van der Waals surface area contributed by atoms with E-state index in [4.69, 9.17) is 10.5 Å². The number of rotatable bonds is 6. The smallest absolute Gasteiger partial charge is 0.193 e. The van der Waals surface area contributed by atoms with E-state index in [1.165, 1.54) is 5.56 Å². The summed E-state index contributed by atoms with van der Waals surface area (Å²) in [4.78, 5) is 4.47. The Morgan fingerprint density at radius 3 is 2.52 bits per heavy atom. The number of ether oxygens (including phenoxy) is 1. The lowest BCUT2D eigenvalue weighted by molar-refractivity contribution is 0.407. The Labute approximate surface area is 167 Å². The number of aliphatic imine (C=N–C) groups is 1. The number of nitrogens with one attached hydrogen (secondary N) is 1. The molecule has 136 valence electrons. The number of hydrogen-bond donors (Lipinski definition) is 2. The molecule has 25 heavy (non-hydrogen) atoms. The molecule has 1 unspecified atom stereocenters. The maximum atomic E-state index is 6.04. The number of nitrogens with zero attached hydrogens (tertiary/aromatic N) is 1. The fraction of sp³-hybridized carbons (Fsp3) is 0.350. The van der Waals surface area contributed by atoms with Crippen molar-refractivity contribution in [3.8, 4) is 5.75 Å². The summed E-state index contributed by atoms with van der Waals surface area (Å²) in [5, 5.41) is 3.17. The van der Waals surface area contributed by atoms with Crippen LogP contribution in [0.5, 0.6) is 5.75 Å². The van der Waals surface area contributed by atoms with Gasteiger partial charge in [-0.15, -0.1) is 24.0 Å². The Balaban J connectivity index is 0.00000312. The standard InChI is InChI=1S/C20H27N3O.HI/c1-14(2)16-8-7-9-17(12-16)23-20(21)22-13-15(3)18-10-5-6-11-19(18)24-4;/h5-12,14-15H,13H2,1-4H3,(H3,21,22,23);1H. The summed E-state index contributed by atoms with van der Waals surface area (Å²) in [6.45, 7) is 7.06. The van der Waals surface area contributed by atoms with Crippen LogP contribution < -0.4 is 15.8 Å². The molecule has 0 fully saturated rings. The molecule has 0 aliphatic carbocycles. The third-order valence-corrected chi connectivity index (χ3v) is 4.03. The van der Waals surface area contributed by atoms with Gasteiger partial charge < -0.3 is 15.8 Å². The second kappa shape index (κ2) is 10.3. The van der Waals surface area contributed by atoms with Crippen molar-refractivity contribution >= 4 is 35.6 Å². The molecular formula is C20H28IN3O. The lowest BCUT2D eigenvalue weighted by Gasteiger charge is -2.14. The predicted molar refractivity (Wildman–Crippen MR) is 117 cm³/mol. The summed E-state index contributed by atoms with van der Waals surface area (Å²) < 4.78 is 5.41. The van der Waals surface area contributed by atoms with Crippen LogP contribution in [-0.2, 0) is 0 Å². The largest absolute Gasteiger partial charge is 0.496 e. The lowest BCUT2D eigenvalue weighted by Crippen LogP contribution is -2.23. The van der Waals surface area contributed by atoms with Gasteiger partial charge in [0, 0.05) is 18.2 Å². The zero-order valence-electron chi connectivity index (χ0n) is 15.3. The zero-order chi connectivity index (χ0) is 17.5. The third-order valence-electron chi connectivity index (χ3n) is 4.03. The summed E-state index contributed by atoms with van der Waals surface area (Å²) in [5.74, 6) is 2.02. The highest BCUT2D eigenvalue weighted by Crippen LogP contribution is 2.26. The van der Waals surface area contributed by atoms with Crippen LogP contribution in [0.15, 0.2) is 53.5 Å². The van der Waals surface area contributed by atoms with Crippen LogP contribution in [0, 0.1) is 0 Å². The first-order chi connectivity index (χ1) is 11.5. The second-order valence-electron chi connectivity index (χ2n) is 6.27. The summed E-state index contributed by atoms with van der Waals surface area (Å²) >= 11 is 0. The topological polar surface area (TPSA) is 59.6 Å². The summed E-state index contributed by atoms with van der Waals surface area (Å²) in [5.41, 5.74) is 9.41. The maximum Gasteiger partial charge on any atom is 0.193 e. The van der Waals surface area contributed by atoms with Crippen molar-refractivity contribution in [1.29, 1.82) is 0 Å². The Morgan fingerprint density at radius 1 is 1.12 bits per heavy atom. The molecule has 4 nitrogen and oxygen atoms in total. The van der Waals surface area contributed by atoms with Gasteiger partial charge in [-0.1, -0.05) is 51.1 Å². The zero-order valence-corrected chi connectivity index (χ0v) is 17.7. The van der Waals surface area contributed by atoms with Crippen LogP contribution in [0.1, 0.15) is 43.7 Å². The van der Waals surface area contributed by atoms with Crippen molar-refractivity contribution in [3.63, 3.8) is 0 Å². The minimum absolute atomic E-state index is 0. The number of hydrogen-bond acceptors (Lipinski definition) is 2. The van der Waals surface area contributed by atoms with Gasteiger partial charge in [0.05, 0.1) is 7.11 Å². The lowest BCUT2D eigenvalue weighted by atomic mass is 10.0. The molecule has 0 saturated heterocycles. The molecule has 0 amide bonds. The highest BCUT2D eigenvalue weighted by molar-refractivity contribution is 14.0. The Morgan fingerprint density at radius 2 is 1.84 bits per heavy atom. The molecule has 2 rings (SSSR count). The van der Waals surface area contributed by atoms with Gasteiger partial charge in [0.1, 0.15) is 5.75 Å². The molecule has 3 N–H and O–H groups in total. The average molecular weight is 453 g/mol. The number of anilines is 1. The van der Waals surface area contributed by atoms with Crippen LogP contribution >= 0.6 is 24.0 Å². The molecular weight excluding hydrogens is 425 g/mol. The predicted octanol–water partition coefficient (Wildman–Crippen LogP) is 4.97. The van der Waals surface area contributed by atoms with Gasteiger partial charge in [-0.05, 0) is 35.2 Å². The van der Waals surface area contributed by atoms with E-state index >= 15 is 0 Å². The minimum Gasteiger partial charge on any atom is -0.496 e. The molecule has 1 atom stereocenters. The van der Waals surface area contributed by atoms with Gasteiger partial charge in [-0.2, -0.15) is 0 Å². The average Bonchev–Trinajstić information content (AvgIpc) is 2.59. The van der Waals surface area contributed by atoms with E-state index in [1.54, 1.807) is 7.11 Å². The minimum atomic E-state index is 0. The summed E-state index contributed by atoms with van der Waals surface area (Å²) in [7, 11) is 1.69.